The zero-order chi connectivity index (χ0) is 55.7. The van der Waals surface area contributed by atoms with E-state index in [-0.39, 0.29) is 24.9 Å². The molecule has 3 unspecified atom stereocenters. The lowest BCUT2D eigenvalue weighted by molar-refractivity contribution is -0.870. The Balaban J connectivity index is 5.21. The number of quaternary nitrogens is 1. The van der Waals surface area contributed by atoms with Crippen LogP contribution < -0.4 is 10.2 Å². The Morgan fingerprint density at radius 1 is 0.474 bits per heavy atom. The van der Waals surface area contributed by atoms with Gasteiger partial charge in [-0.2, -0.15) is 0 Å². The molecule has 0 aliphatic heterocycles. The predicted octanol–water partition coefficient (Wildman–Crippen LogP) is 18.8. The number of ether oxygens (including phenoxy) is 1. The first-order chi connectivity index (χ1) is 36.9. The summed E-state index contributed by atoms with van der Waals surface area (Å²) >= 11 is 0. The normalized spacial score (nSPS) is 14.2. The number of hydrogen-bond acceptors (Lipinski definition) is 7. The lowest BCUT2D eigenvalue weighted by Gasteiger charge is -2.30. The van der Waals surface area contributed by atoms with Gasteiger partial charge < -0.3 is 28.5 Å². The third-order valence-electron chi connectivity index (χ3n) is 13.6. The van der Waals surface area contributed by atoms with Crippen molar-refractivity contribution in [2.45, 2.75) is 283 Å². The molecule has 0 radical (unpaired) electrons. The van der Waals surface area contributed by atoms with Crippen molar-refractivity contribution in [2.75, 3.05) is 40.9 Å². The molecule has 3 atom stereocenters. The summed E-state index contributed by atoms with van der Waals surface area (Å²) in [6.45, 7) is 6.71. The number of allylic oxidation sites excluding steroid dienone is 13. The lowest BCUT2D eigenvalue weighted by Crippen LogP contribution is -2.47. The van der Waals surface area contributed by atoms with E-state index in [9.17, 15) is 19.0 Å². The minimum absolute atomic E-state index is 0.0288. The first kappa shape index (κ1) is 73.2. The van der Waals surface area contributed by atoms with Crippen LogP contribution in [0.1, 0.15) is 271 Å². The molecule has 0 aromatic carbocycles. The first-order valence-electron chi connectivity index (χ1n) is 31.4. The van der Waals surface area contributed by atoms with Crippen molar-refractivity contribution >= 4 is 19.7 Å². The number of amides is 1. The molecular weight excluding hydrogens is 964 g/mol. The van der Waals surface area contributed by atoms with Crippen LogP contribution in [0.3, 0.4) is 0 Å². The molecule has 0 aliphatic rings. The van der Waals surface area contributed by atoms with Crippen LogP contribution in [0.25, 0.3) is 0 Å². The summed E-state index contributed by atoms with van der Waals surface area (Å²) in [4.78, 5) is 40.0. The van der Waals surface area contributed by atoms with Crippen LogP contribution in [0.15, 0.2) is 85.1 Å². The van der Waals surface area contributed by atoms with Gasteiger partial charge in [0, 0.05) is 12.8 Å². The SMILES string of the molecule is CC/C=C\C/C=C\C/C=C\C/C=C\C/C=C\CCCCCCCCCC(=O)OC(/C=C\CCCCCCCCCCC)C(COP(=O)([O-])OCC[N+](C)(C)C)NC(=O)CCCCCCC/C=C/CCCCCCCCC. The molecule has 10 heteroatoms. The van der Waals surface area contributed by atoms with Crippen LogP contribution in [0.2, 0.25) is 0 Å². The molecule has 9 nitrogen and oxygen atoms in total. The van der Waals surface area contributed by atoms with E-state index >= 15 is 0 Å². The Morgan fingerprint density at radius 2 is 0.842 bits per heavy atom. The molecule has 0 rings (SSSR count). The summed E-state index contributed by atoms with van der Waals surface area (Å²) in [6.07, 6.45) is 72.6. The number of nitrogens with zero attached hydrogens (tertiary/aromatic N) is 1. The summed E-state index contributed by atoms with van der Waals surface area (Å²) in [5.41, 5.74) is 0. The highest BCUT2D eigenvalue weighted by atomic mass is 31.2. The van der Waals surface area contributed by atoms with Crippen LogP contribution in [-0.2, 0) is 27.9 Å². The van der Waals surface area contributed by atoms with Gasteiger partial charge in [-0.1, -0.05) is 241 Å². The Labute approximate surface area is 469 Å². The van der Waals surface area contributed by atoms with E-state index in [0.29, 0.717) is 23.9 Å². The summed E-state index contributed by atoms with van der Waals surface area (Å²) in [6, 6.07) is -0.900. The van der Waals surface area contributed by atoms with Crippen molar-refractivity contribution in [1.29, 1.82) is 0 Å². The molecule has 440 valence electrons. The molecule has 1 N–H and O–H groups in total. The van der Waals surface area contributed by atoms with Gasteiger partial charge in [-0.05, 0) is 102 Å². The molecule has 0 heterocycles. The summed E-state index contributed by atoms with van der Waals surface area (Å²) in [5.74, 6) is -0.564. The number of carbonyl (C=O) groups excluding carboxylic acids is 2. The fourth-order valence-electron chi connectivity index (χ4n) is 8.72. The maximum atomic E-state index is 13.5. The molecule has 0 bridgehead atoms. The van der Waals surface area contributed by atoms with Gasteiger partial charge >= 0.3 is 5.97 Å². The Bertz CT molecular complexity index is 1580. The number of carbonyl (C=O) groups is 2. The van der Waals surface area contributed by atoms with Crippen LogP contribution in [0.5, 0.6) is 0 Å². The second-order valence-electron chi connectivity index (χ2n) is 22.2. The van der Waals surface area contributed by atoms with E-state index in [0.717, 1.165) is 116 Å². The summed E-state index contributed by atoms with van der Waals surface area (Å²) in [5, 5.41) is 3.02. The number of phosphoric acid groups is 1. The fraction of sp³-hybridized carbons (Fsp3) is 0.758. The number of esters is 1. The number of nitrogens with one attached hydrogen (secondary N) is 1. The average Bonchev–Trinajstić information content (AvgIpc) is 3.38. The second kappa shape index (κ2) is 55.5. The van der Waals surface area contributed by atoms with Crippen LogP contribution in [0.4, 0.5) is 0 Å². The molecule has 1 amide bonds. The standard InChI is InChI=1S/C66H119N2O7P/c1-7-10-13-16-19-22-25-27-29-31-32-33-34-35-36-37-39-41-44-47-50-53-56-59-66(70)75-64(57-54-51-48-45-42-24-21-18-15-12-9-3)63(62-74-76(71,72)73-61-60-68(4,5)6)67-65(69)58-55-52-49-46-43-40-38-30-28-26-23-20-17-14-11-8-2/h10,13,19,22,27,29-30,32-33,35-36,38,54,57,63-64H,7-9,11-12,14-18,20-21,23-26,28,31,34,37,39-53,55-56,58-62H2,1-6H3,(H-,67,69,71,72)/b13-10-,22-19-,29-27-,33-32-,36-35-,38-30+,57-54-. The quantitative estimate of drug-likeness (QED) is 0.0212. The van der Waals surface area contributed by atoms with Crippen molar-refractivity contribution in [2.24, 2.45) is 0 Å². The molecule has 0 saturated heterocycles. The second-order valence-corrected chi connectivity index (χ2v) is 23.6. The lowest BCUT2D eigenvalue weighted by atomic mass is 10.1. The molecular formula is C66H119N2O7P. The predicted molar refractivity (Wildman–Crippen MR) is 325 cm³/mol. The highest BCUT2D eigenvalue weighted by Crippen LogP contribution is 2.38. The zero-order valence-electron chi connectivity index (χ0n) is 50.2. The van der Waals surface area contributed by atoms with Gasteiger partial charge in [-0.25, -0.2) is 0 Å². The molecule has 76 heavy (non-hydrogen) atoms. The molecule has 0 aliphatic carbocycles. The molecule has 0 spiro atoms. The number of rotatable bonds is 56. The van der Waals surface area contributed by atoms with Gasteiger partial charge in [-0.3, -0.25) is 14.2 Å². The number of hydrogen-bond donors (Lipinski definition) is 1. The van der Waals surface area contributed by atoms with E-state index in [1.54, 1.807) is 0 Å². The van der Waals surface area contributed by atoms with E-state index in [1.807, 2.05) is 33.3 Å². The minimum Gasteiger partial charge on any atom is -0.756 e. The van der Waals surface area contributed by atoms with Crippen molar-refractivity contribution in [3.63, 3.8) is 0 Å². The molecule has 0 aromatic rings. The van der Waals surface area contributed by atoms with E-state index < -0.39 is 26.6 Å². The fourth-order valence-corrected chi connectivity index (χ4v) is 9.44. The van der Waals surface area contributed by atoms with Gasteiger partial charge in [0.05, 0.1) is 33.8 Å². The maximum Gasteiger partial charge on any atom is 0.306 e. The van der Waals surface area contributed by atoms with Crippen LogP contribution in [-0.4, -0.2) is 69.4 Å². The Morgan fingerprint density at radius 3 is 1.28 bits per heavy atom. The number of likely N-dealkylation sites (N-methyl/N-ethyl adjacent to an activating group) is 1. The highest BCUT2D eigenvalue weighted by molar-refractivity contribution is 7.45. The average molecular weight is 1080 g/mol. The number of phosphoric ester groups is 1. The number of unbranched alkanes of at least 4 members (excludes halogenated alkanes) is 28. The van der Waals surface area contributed by atoms with Gasteiger partial charge in [0.15, 0.2) is 0 Å². The largest absolute Gasteiger partial charge is 0.756 e. The van der Waals surface area contributed by atoms with Crippen molar-refractivity contribution < 1.29 is 37.3 Å². The van der Waals surface area contributed by atoms with Gasteiger partial charge in [0.1, 0.15) is 19.3 Å². The summed E-state index contributed by atoms with van der Waals surface area (Å²) in [7, 11) is 1.17. The van der Waals surface area contributed by atoms with Gasteiger partial charge in [0.2, 0.25) is 5.91 Å². The monoisotopic (exact) mass is 1080 g/mol. The maximum absolute atomic E-state index is 13.5. The topological polar surface area (TPSA) is 114 Å². The van der Waals surface area contributed by atoms with Gasteiger partial charge in [-0.15, -0.1) is 0 Å². The molecule has 0 aromatic heterocycles. The Hall–Kier alpha value is -2.81. The van der Waals surface area contributed by atoms with E-state index in [2.05, 4.69) is 99.0 Å². The third kappa shape index (κ3) is 55.9. The summed E-state index contributed by atoms with van der Waals surface area (Å²) < 4.78 is 30.3. The minimum atomic E-state index is -4.70. The third-order valence-corrected chi connectivity index (χ3v) is 14.5. The van der Waals surface area contributed by atoms with Crippen LogP contribution in [0, 0.1) is 0 Å². The Kier molecular flexibility index (Phi) is 53.5. The first-order valence-corrected chi connectivity index (χ1v) is 32.9. The van der Waals surface area contributed by atoms with Crippen molar-refractivity contribution in [1.82, 2.24) is 5.32 Å². The molecule has 0 fully saturated rings. The smallest absolute Gasteiger partial charge is 0.306 e. The zero-order valence-corrected chi connectivity index (χ0v) is 51.1. The highest BCUT2D eigenvalue weighted by Gasteiger charge is 2.27. The van der Waals surface area contributed by atoms with Gasteiger partial charge in [0.25, 0.3) is 7.82 Å². The van der Waals surface area contributed by atoms with E-state index in [4.69, 9.17) is 13.8 Å². The van der Waals surface area contributed by atoms with Crippen molar-refractivity contribution in [3.8, 4) is 0 Å². The van der Waals surface area contributed by atoms with Crippen LogP contribution >= 0.6 is 7.82 Å². The molecule has 0 saturated carbocycles. The van der Waals surface area contributed by atoms with E-state index in [1.165, 1.54) is 116 Å². The van der Waals surface area contributed by atoms with Crippen molar-refractivity contribution in [3.05, 3.63) is 85.1 Å².